The molecule has 0 aromatic heterocycles. The van der Waals surface area contributed by atoms with Crippen LogP contribution in [0.15, 0.2) is 66.7 Å². The molecule has 0 unspecified atom stereocenters. The Labute approximate surface area is 233 Å². The summed E-state index contributed by atoms with van der Waals surface area (Å²) in [4.78, 5) is 43.5. The molecule has 6 rings (SSSR count). The summed E-state index contributed by atoms with van der Waals surface area (Å²) in [5.41, 5.74) is -0.368. The molecular weight excluding hydrogens is 514 g/mol. The molecule has 3 amide bonds. The van der Waals surface area contributed by atoms with Gasteiger partial charge in [-0.1, -0.05) is 85.5 Å². The first-order valence-electron chi connectivity index (χ1n) is 13.9. The number of nitrogens with one attached hydrogen (secondary N) is 2. The first kappa shape index (κ1) is 26.1. The summed E-state index contributed by atoms with van der Waals surface area (Å²) >= 11 is 6.09. The van der Waals surface area contributed by atoms with Crippen molar-refractivity contribution in [2.24, 2.45) is 11.8 Å². The number of benzene rings is 2. The molecular formula is C31H34ClN3O4. The van der Waals surface area contributed by atoms with E-state index in [1.807, 2.05) is 61.5 Å². The van der Waals surface area contributed by atoms with Gasteiger partial charge in [0.2, 0.25) is 17.7 Å². The van der Waals surface area contributed by atoms with Crippen LogP contribution in [0, 0.1) is 11.8 Å². The molecule has 3 aliphatic heterocycles. The van der Waals surface area contributed by atoms with Crippen LogP contribution in [0.5, 0.6) is 0 Å². The minimum Gasteiger partial charge on any atom is -0.356 e. The smallest absolute Gasteiger partial charge is 0.246 e. The number of amides is 3. The predicted octanol–water partition coefficient (Wildman–Crippen LogP) is 4.15. The highest BCUT2D eigenvalue weighted by atomic mass is 35.5. The fourth-order valence-corrected chi connectivity index (χ4v) is 7.13. The number of carbonyl (C=O) groups excluding carboxylic acids is 3. The average Bonchev–Trinajstić information content (AvgIpc) is 3.50. The lowest BCUT2D eigenvalue weighted by Crippen LogP contribution is -2.54. The van der Waals surface area contributed by atoms with Crippen molar-refractivity contribution in [2.75, 3.05) is 0 Å². The van der Waals surface area contributed by atoms with E-state index in [0.717, 1.165) is 36.8 Å². The summed E-state index contributed by atoms with van der Waals surface area (Å²) in [7, 11) is 0. The number of likely N-dealkylation sites (tertiary alicyclic amines) is 1. The monoisotopic (exact) mass is 547 g/mol. The van der Waals surface area contributed by atoms with Gasteiger partial charge in [-0.3, -0.25) is 14.4 Å². The maximum absolute atomic E-state index is 14.2. The third kappa shape index (κ3) is 4.55. The van der Waals surface area contributed by atoms with Crippen LogP contribution in [-0.4, -0.2) is 45.9 Å². The fourth-order valence-electron chi connectivity index (χ4n) is 7.01. The van der Waals surface area contributed by atoms with Crippen LogP contribution in [0.1, 0.15) is 50.2 Å². The quantitative estimate of drug-likeness (QED) is 0.510. The van der Waals surface area contributed by atoms with Crippen molar-refractivity contribution in [2.45, 2.75) is 75.4 Å². The number of ether oxygens (including phenoxy) is 1. The fraction of sp³-hybridized carbons (Fsp3) is 0.452. The molecule has 1 aliphatic carbocycles. The number of halogens is 1. The van der Waals surface area contributed by atoms with Crippen LogP contribution in [-0.2, 0) is 32.2 Å². The Morgan fingerprint density at radius 2 is 1.69 bits per heavy atom. The lowest BCUT2D eigenvalue weighted by molar-refractivity contribution is -0.145. The Kier molecular flexibility index (Phi) is 6.76. The number of hydrogen-bond donors (Lipinski definition) is 2. The third-order valence-corrected chi connectivity index (χ3v) is 9.11. The molecule has 2 N–H and O–H groups in total. The van der Waals surface area contributed by atoms with Crippen molar-refractivity contribution in [3.05, 3.63) is 82.9 Å². The van der Waals surface area contributed by atoms with Crippen LogP contribution >= 0.6 is 11.6 Å². The summed E-state index contributed by atoms with van der Waals surface area (Å²) in [5.74, 6) is -2.19. The van der Waals surface area contributed by atoms with Gasteiger partial charge in [0.25, 0.3) is 0 Å². The lowest BCUT2D eigenvalue weighted by Gasteiger charge is -2.33. The molecule has 0 radical (unpaired) electrons. The highest BCUT2D eigenvalue weighted by Crippen LogP contribution is 2.59. The molecule has 2 bridgehead atoms. The van der Waals surface area contributed by atoms with Gasteiger partial charge in [0.1, 0.15) is 11.6 Å². The molecule has 204 valence electrons. The zero-order valence-corrected chi connectivity index (χ0v) is 22.8. The third-order valence-electron chi connectivity index (χ3n) is 8.85. The normalized spacial score (nSPS) is 31.4. The zero-order valence-electron chi connectivity index (χ0n) is 22.1. The minimum absolute atomic E-state index is 0.112. The van der Waals surface area contributed by atoms with Crippen molar-refractivity contribution in [1.29, 1.82) is 0 Å². The first-order chi connectivity index (χ1) is 18.8. The van der Waals surface area contributed by atoms with Gasteiger partial charge in [-0.25, -0.2) is 0 Å². The number of carbonyl (C=O) groups is 3. The molecule has 2 aromatic carbocycles. The standard InChI is InChI=1S/C31H34ClN3O4/c1-30-16-17-31(39-30)25(24(30)27(36)34-23-10-6-3-7-11-23)29(38)35(19-21-12-14-22(32)15-13-21)26(31)28(37)33-18-20-8-4-2-5-9-20/h2,4-5,8-9,12-17,23-26H,3,6-7,10-11,18-19H2,1H3,(H,33,37)(H,34,36)/t24-,25+,26-,30+,31-/m1/s1. The molecule has 39 heavy (non-hydrogen) atoms. The number of nitrogens with zero attached hydrogens (tertiary/aromatic N) is 1. The molecule has 5 atom stereocenters. The van der Waals surface area contributed by atoms with E-state index in [4.69, 9.17) is 16.3 Å². The van der Waals surface area contributed by atoms with Gasteiger partial charge >= 0.3 is 0 Å². The number of rotatable bonds is 7. The molecule has 8 heteroatoms. The van der Waals surface area contributed by atoms with Crippen molar-refractivity contribution >= 4 is 29.3 Å². The largest absolute Gasteiger partial charge is 0.356 e. The highest BCUT2D eigenvalue weighted by Gasteiger charge is 2.76. The second kappa shape index (κ2) is 10.1. The summed E-state index contributed by atoms with van der Waals surface area (Å²) in [6, 6.07) is 16.1. The summed E-state index contributed by atoms with van der Waals surface area (Å²) in [6.07, 6.45) is 9.00. The Morgan fingerprint density at radius 3 is 2.41 bits per heavy atom. The lowest BCUT2D eigenvalue weighted by atomic mass is 9.70. The van der Waals surface area contributed by atoms with Crippen LogP contribution in [0.25, 0.3) is 0 Å². The van der Waals surface area contributed by atoms with E-state index in [-0.39, 0.29) is 30.3 Å². The number of hydrogen-bond acceptors (Lipinski definition) is 4. The Bertz CT molecular complexity index is 1290. The molecule has 4 aliphatic rings. The molecule has 1 saturated carbocycles. The van der Waals surface area contributed by atoms with Crippen molar-refractivity contribution in [1.82, 2.24) is 15.5 Å². The topological polar surface area (TPSA) is 87.7 Å². The molecule has 3 heterocycles. The van der Waals surface area contributed by atoms with E-state index >= 15 is 0 Å². The van der Waals surface area contributed by atoms with Crippen molar-refractivity contribution < 1.29 is 19.1 Å². The van der Waals surface area contributed by atoms with Crippen LogP contribution < -0.4 is 10.6 Å². The zero-order chi connectivity index (χ0) is 27.2. The first-order valence-corrected chi connectivity index (χ1v) is 14.3. The maximum Gasteiger partial charge on any atom is 0.246 e. The van der Waals surface area contributed by atoms with Crippen molar-refractivity contribution in [3.8, 4) is 0 Å². The molecule has 3 fully saturated rings. The SMILES string of the molecule is C[C@@]12C=C[C@@]3(O1)[C@H](C(=O)N(Cc1ccc(Cl)cc1)[C@@H]3C(=O)NCc1ccccc1)[C@@H]2C(=O)NC1CCCCC1. The van der Waals surface area contributed by atoms with Gasteiger partial charge in [-0.2, -0.15) is 0 Å². The van der Waals surface area contributed by atoms with E-state index in [2.05, 4.69) is 10.6 Å². The summed E-state index contributed by atoms with van der Waals surface area (Å²) in [6.45, 7) is 2.40. The summed E-state index contributed by atoms with van der Waals surface area (Å²) < 4.78 is 6.62. The Balaban J connectivity index is 1.32. The van der Waals surface area contributed by atoms with E-state index in [9.17, 15) is 14.4 Å². The van der Waals surface area contributed by atoms with Crippen molar-refractivity contribution in [3.63, 3.8) is 0 Å². The van der Waals surface area contributed by atoms with Crippen LogP contribution in [0.3, 0.4) is 0 Å². The predicted molar refractivity (Wildman–Crippen MR) is 147 cm³/mol. The van der Waals surface area contributed by atoms with Gasteiger partial charge in [-0.15, -0.1) is 0 Å². The Morgan fingerprint density at radius 1 is 0.974 bits per heavy atom. The van der Waals surface area contributed by atoms with Crippen LogP contribution in [0.4, 0.5) is 0 Å². The molecule has 1 spiro atoms. The highest BCUT2D eigenvalue weighted by molar-refractivity contribution is 6.30. The van der Waals surface area contributed by atoms with Gasteiger partial charge in [0, 0.05) is 24.2 Å². The van der Waals surface area contributed by atoms with E-state index < -0.39 is 29.1 Å². The molecule has 2 aromatic rings. The van der Waals surface area contributed by atoms with Gasteiger partial charge < -0.3 is 20.3 Å². The van der Waals surface area contributed by atoms with Crippen LogP contribution in [0.2, 0.25) is 5.02 Å². The Hall–Kier alpha value is -3.16. The minimum atomic E-state index is -1.21. The van der Waals surface area contributed by atoms with Gasteiger partial charge in [-0.05, 0) is 43.0 Å². The molecule has 2 saturated heterocycles. The average molecular weight is 548 g/mol. The second-order valence-corrected chi connectivity index (χ2v) is 11.9. The maximum atomic E-state index is 14.2. The van der Waals surface area contributed by atoms with E-state index in [0.29, 0.717) is 11.6 Å². The van der Waals surface area contributed by atoms with Gasteiger partial charge in [0.05, 0.1) is 17.4 Å². The van der Waals surface area contributed by atoms with E-state index in [1.165, 1.54) is 6.42 Å². The molecule has 7 nitrogen and oxygen atoms in total. The summed E-state index contributed by atoms with van der Waals surface area (Å²) in [5, 5.41) is 6.85. The van der Waals surface area contributed by atoms with E-state index in [1.54, 1.807) is 17.0 Å². The number of fused-ring (bicyclic) bond motifs is 1. The van der Waals surface area contributed by atoms with Gasteiger partial charge in [0.15, 0.2) is 0 Å². The second-order valence-electron chi connectivity index (χ2n) is 11.5.